The lowest BCUT2D eigenvalue weighted by molar-refractivity contribution is 0.196. The van der Waals surface area contributed by atoms with Crippen molar-refractivity contribution in [2.24, 2.45) is 0 Å². The third-order valence-electron chi connectivity index (χ3n) is 2.01. The Morgan fingerprint density at radius 2 is 2.06 bits per heavy atom. The summed E-state index contributed by atoms with van der Waals surface area (Å²) in [6.45, 7) is 1.15. The number of nitrogens with one attached hydrogen (secondary N) is 2. The number of methoxy groups -OCH3 is 1. The summed E-state index contributed by atoms with van der Waals surface area (Å²) in [6, 6.07) is 5.56. The standard InChI is InChI=1S/C13H15FN2O2/c1-18-10-9-16-13(17)15-8-2-3-11-4-6-12(14)7-5-11/h4-7H,8-10H2,1H3,(H2,15,16,17). The number of ether oxygens (including phenoxy) is 1. The van der Waals surface area contributed by atoms with Gasteiger partial charge in [-0.25, -0.2) is 9.18 Å². The summed E-state index contributed by atoms with van der Waals surface area (Å²) < 4.78 is 17.4. The van der Waals surface area contributed by atoms with Crippen molar-refractivity contribution in [3.05, 3.63) is 35.6 Å². The van der Waals surface area contributed by atoms with E-state index in [-0.39, 0.29) is 18.4 Å². The van der Waals surface area contributed by atoms with Crippen molar-refractivity contribution in [1.82, 2.24) is 10.6 Å². The van der Waals surface area contributed by atoms with E-state index in [2.05, 4.69) is 22.5 Å². The summed E-state index contributed by atoms with van der Waals surface area (Å²) >= 11 is 0. The largest absolute Gasteiger partial charge is 0.383 e. The van der Waals surface area contributed by atoms with Gasteiger partial charge in [-0.15, -0.1) is 0 Å². The lowest BCUT2D eigenvalue weighted by Crippen LogP contribution is -2.37. The summed E-state index contributed by atoms with van der Waals surface area (Å²) in [6.07, 6.45) is 0. The van der Waals surface area contributed by atoms with Crippen LogP contribution in [0.4, 0.5) is 9.18 Å². The molecule has 1 rings (SSSR count). The van der Waals surface area contributed by atoms with Crippen LogP contribution in [0.15, 0.2) is 24.3 Å². The molecule has 0 atom stereocenters. The van der Waals surface area contributed by atoms with Gasteiger partial charge in [0.1, 0.15) is 5.82 Å². The van der Waals surface area contributed by atoms with E-state index in [9.17, 15) is 9.18 Å². The molecule has 0 aromatic heterocycles. The van der Waals surface area contributed by atoms with Gasteiger partial charge in [0.05, 0.1) is 13.2 Å². The zero-order valence-corrected chi connectivity index (χ0v) is 10.1. The van der Waals surface area contributed by atoms with E-state index in [1.54, 1.807) is 19.2 Å². The fourth-order valence-electron chi connectivity index (χ4n) is 1.13. The Bertz CT molecular complexity index is 435. The Morgan fingerprint density at radius 1 is 1.33 bits per heavy atom. The van der Waals surface area contributed by atoms with Gasteiger partial charge in [-0.05, 0) is 24.3 Å². The second-order valence-corrected chi connectivity index (χ2v) is 3.41. The first-order valence-corrected chi connectivity index (χ1v) is 5.47. The summed E-state index contributed by atoms with van der Waals surface area (Å²) in [5, 5.41) is 5.17. The van der Waals surface area contributed by atoms with E-state index in [0.29, 0.717) is 18.7 Å². The zero-order valence-electron chi connectivity index (χ0n) is 10.1. The average Bonchev–Trinajstić information content (AvgIpc) is 2.37. The van der Waals surface area contributed by atoms with Crippen LogP contribution in [0.3, 0.4) is 0 Å². The van der Waals surface area contributed by atoms with Gasteiger partial charge in [-0.1, -0.05) is 11.8 Å². The Morgan fingerprint density at radius 3 is 2.72 bits per heavy atom. The quantitative estimate of drug-likeness (QED) is 0.621. The molecule has 0 unspecified atom stereocenters. The van der Waals surface area contributed by atoms with Gasteiger partial charge in [0.2, 0.25) is 0 Å². The maximum Gasteiger partial charge on any atom is 0.315 e. The molecule has 4 nitrogen and oxygen atoms in total. The van der Waals surface area contributed by atoms with E-state index in [1.165, 1.54) is 12.1 Å². The van der Waals surface area contributed by atoms with E-state index in [1.807, 2.05) is 0 Å². The van der Waals surface area contributed by atoms with E-state index < -0.39 is 0 Å². The van der Waals surface area contributed by atoms with Crippen LogP contribution in [0.2, 0.25) is 0 Å². The van der Waals surface area contributed by atoms with E-state index in [0.717, 1.165) is 0 Å². The molecule has 5 heteroatoms. The molecule has 0 radical (unpaired) electrons. The highest BCUT2D eigenvalue weighted by atomic mass is 19.1. The summed E-state index contributed by atoms with van der Waals surface area (Å²) in [4.78, 5) is 11.2. The van der Waals surface area contributed by atoms with Crippen molar-refractivity contribution in [2.45, 2.75) is 0 Å². The van der Waals surface area contributed by atoms with Crippen LogP contribution in [0.25, 0.3) is 0 Å². The van der Waals surface area contributed by atoms with Crippen molar-refractivity contribution in [3.8, 4) is 11.8 Å². The first-order chi connectivity index (χ1) is 8.72. The third-order valence-corrected chi connectivity index (χ3v) is 2.01. The highest BCUT2D eigenvalue weighted by molar-refractivity contribution is 5.74. The molecule has 0 saturated carbocycles. The molecule has 0 saturated heterocycles. The number of benzene rings is 1. The Balaban J connectivity index is 2.25. The molecule has 18 heavy (non-hydrogen) atoms. The Hall–Kier alpha value is -2.06. The van der Waals surface area contributed by atoms with E-state index >= 15 is 0 Å². The molecule has 2 N–H and O–H groups in total. The minimum Gasteiger partial charge on any atom is -0.383 e. The van der Waals surface area contributed by atoms with Gasteiger partial charge in [0, 0.05) is 19.2 Å². The van der Waals surface area contributed by atoms with Crippen molar-refractivity contribution >= 4 is 6.03 Å². The predicted octanol–water partition coefficient (Wildman–Crippen LogP) is 1.12. The van der Waals surface area contributed by atoms with E-state index in [4.69, 9.17) is 4.74 Å². The first kappa shape index (κ1) is 14.0. The van der Waals surface area contributed by atoms with Crippen molar-refractivity contribution < 1.29 is 13.9 Å². The second-order valence-electron chi connectivity index (χ2n) is 3.41. The fourth-order valence-corrected chi connectivity index (χ4v) is 1.13. The van der Waals surface area contributed by atoms with Crippen LogP contribution < -0.4 is 10.6 Å². The number of hydrogen-bond donors (Lipinski definition) is 2. The average molecular weight is 250 g/mol. The molecule has 0 fully saturated rings. The predicted molar refractivity (Wildman–Crippen MR) is 66.6 cm³/mol. The summed E-state index contributed by atoms with van der Waals surface area (Å²) in [7, 11) is 1.56. The normalized spacial score (nSPS) is 9.22. The lowest BCUT2D eigenvalue weighted by Gasteiger charge is -2.03. The lowest BCUT2D eigenvalue weighted by atomic mass is 10.2. The summed E-state index contributed by atoms with van der Waals surface area (Å²) in [5.41, 5.74) is 0.706. The number of carbonyl (C=O) groups excluding carboxylic acids is 1. The van der Waals surface area contributed by atoms with Gasteiger partial charge in [0.25, 0.3) is 0 Å². The molecule has 0 aliphatic heterocycles. The van der Waals surface area contributed by atoms with Crippen LogP contribution in [0.5, 0.6) is 0 Å². The molecule has 0 aliphatic rings. The van der Waals surface area contributed by atoms with Crippen LogP contribution in [0.1, 0.15) is 5.56 Å². The topological polar surface area (TPSA) is 50.4 Å². The first-order valence-electron chi connectivity index (χ1n) is 5.47. The van der Waals surface area contributed by atoms with Crippen molar-refractivity contribution in [1.29, 1.82) is 0 Å². The fraction of sp³-hybridized carbons (Fsp3) is 0.308. The van der Waals surface area contributed by atoms with Crippen molar-refractivity contribution in [3.63, 3.8) is 0 Å². The molecule has 2 amide bonds. The molecular formula is C13H15FN2O2. The number of halogens is 1. The number of urea groups is 1. The van der Waals surface area contributed by atoms with Crippen LogP contribution in [-0.4, -0.2) is 32.8 Å². The molecule has 96 valence electrons. The Labute approximate surface area is 106 Å². The molecular weight excluding hydrogens is 235 g/mol. The van der Waals surface area contributed by atoms with Gasteiger partial charge in [-0.2, -0.15) is 0 Å². The smallest absolute Gasteiger partial charge is 0.315 e. The SMILES string of the molecule is COCCNC(=O)NCC#Cc1ccc(F)cc1. The molecule has 1 aromatic carbocycles. The minimum atomic E-state index is -0.295. The van der Waals surface area contributed by atoms with Crippen LogP contribution in [0, 0.1) is 17.7 Å². The molecule has 1 aromatic rings. The number of amides is 2. The maximum atomic E-state index is 12.6. The second kappa shape index (κ2) is 8.09. The number of rotatable bonds is 4. The molecule has 0 bridgehead atoms. The van der Waals surface area contributed by atoms with Crippen molar-refractivity contribution in [2.75, 3.05) is 26.8 Å². The highest BCUT2D eigenvalue weighted by Crippen LogP contribution is 1.99. The van der Waals surface area contributed by atoms with Crippen LogP contribution in [-0.2, 0) is 4.74 Å². The molecule has 0 spiro atoms. The summed E-state index contributed by atoms with van der Waals surface area (Å²) in [5.74, 6) is 5.28. The Kier molecular flexibility index (Phi) is 6.30. The zero-order chi connectivity index (χ0) is 13.2. The highest BCUT2D eigenvalue weighted by Gasteiger charge is 1.95. The van der Waals surface area contributed by atoms with Gasteiger partial charge < -0.3 is 15.4 Å². The maximum absolute atomic E-state index is 12.6. The van der Waals surface area contributed by atoms with Gasteiger partial charge in [0.15, 0.2) is 0 Å². The number of hydrogen-bond acceptors (Lipinski definition) is 2. The number of carbonyl (C=O) groups is 1. The molecule has 0 aliphatic carbocycles. The molecule has 0 heterocycles. The minimum absolute atomic E-state index is 0.232. The monoisotopic (exact) mass is 250 g/mol. The third kappa shape index (κ3) is 5.87. The van der Waals surface area contributed by atoms with Crippen LogP contribution >= 0.6 is 0 Å². The van der Waals surface area contributed by atoms with Gasteiger partial charge >= 0.3 is 6.03 Å². The van der Waals surface area contributed by atoms with Gasteiger partial charge in [-0.3, -0.25) is 0 Å².